The smallest absolute Gasteiger partial charge is 0.222 e. The van der Waals surface area contributed by atoms with Gasteiger partial charge >= 0.3 is 0 Å². The highest BCUT2D eigenvalue weighted by Crippen LogP contribution is 2.33. The Labute approximate surface area is 106 Å². The van der Waals surface area contributed by atoms with Crippen molar-refractivity contribution in [1.82, 2.24) is 9.97 Å². The van der Waals surface area contributed by atoms with Crippen molar-refractivity contribution in [3.63, 3.8) is 0 Å². The molecule has 0 fully saturated rings. The highest BCUT2D eigenvalue weighted by Gasteiger charge is 2.23. The van der Waals surface area contributed by atoms with Crippen LogP contribution in [-0.2, 0) is 12.8 Å². The van der Waals surface area contributed by atoms with Gasteiger partial charge in [-0.3, -0.25) is 0 Å². The van der Waals surface area contributed by atoms with E-state index in [2.05, 4.69) is 34.2 Å². The molecule has 1 aromatic heterocycles. The molecule has 1 aromatic carbocycles. The van der Waals surface area contributed by atoms with Crippen molar-refractivity contribution in [1.29, 1.82) is 0 Å². The molecule has 4 nitrogen and oxygen atoms in total. The average molecular weight is 240 g/mol. The normalized spacial score (nSPS) is 18.3. The minimum atomic E-state index is 0.282. The lowest BCUT2D eigenvalue weighted by Crippen LogP contribution is -2.18. The first-order chi connectivity index (χ1) is 8.74. The Morgan fingerprint density at radius 1 is 1.06 bits per heavy atom. The maximum atomic E-state index is 5.95. The summed E-state index contributed by atoms with van der Waals surface area (Å²) in [5.74, 6) is 1.33. The molecular formula is C14H16N4. The lowest BCUT2D eigenvalue weighted by molar-refractivity contribution is 0.574. The minimum Gasteiger partial charge on any atom is -0.383 e. The van der Waals surface area contributed by atoms with E-state index in [1.807, 2.05) is 6.07 Å². The second kappa shape index (κ2) is 4.29. The number of aromatic nitrogens is 2. The number of anilines is 2. The standard InChI is InChI=1S/C14H16N4/c15-13-11-8-10(9-4-2-1-3-5-9)6-7-12(11)17-14(16)18-13/h1-5,10H,6-8H2,(H4,15,16,17,18). The van der Waals surface area contributed by atoms with Crippen LogP contribution in [0.4, 0.5) is 11.8 Å². The monoisotopic (exact) mass is 240 g/mol. The van der Waals surface area contributed by atoms with Gasteiger partial charge in [0.05, 0.1) is 5.69 Å². The quantitative estimate of drug-likeness (QED) is 0.798. The van der Waals surface area contributed by atoms with Gasteiger partial charge in [0.2, 0.25) is 5.95 Å². The van der Waals surface area contributed by atoms with Crippen LogP contribution >= 0.6 is 0 Å². The van der Waals surface area contributed by atoms with Gasteiger partial charge in [-0.05, 0) is 30.7 Å². The maximum Gasteiger partial charge on any atom is 0.222 e. The largest absolute Gasteiger partial charge is 0.383 e. The molecule has 1 aliphatic rings. The van der Waals surface area contributed by atoms with Gasteiger partial charge in [0.15, 0.2) is 0 Å². The van der Waals surface area contributed by atoms with Crippen LogP contribution in [0.1, 0.15) is 29.2 Å². The highest BCUT2D eigenvalue weighted by molar-refractivity contribution is 5.48. The molecule has 1 atom stereocenters. The summed E-state index contributed by atoms with van der Waals surface area (Å²) in [6, 6.07) is 10.5. The molecular weight excluding hydrogens is 224 g/mol. The summed E-state index contributed by atoms with van der Waals surface area (Å²) in [5.41, 5.74) is 15.0. The van der Waals surface area contributed by atoms with Gasteiger partial charge in [-0.2, -0.15) is 4.98 Å². The van der Waals surface area contributed by atoms with E-state index in [0.717, 1.165) is 30.5 Å². The first-order valence-electron chi connectivity index (χ1n) is 6.19. The predicted molar refractivity (Wildman–Crippen MR) is 72.1 cm³/mol. The molecule has 0 spiro atoms. The molecule has 1 heterocycles. The van der Waals surface area contributed by atoms with Crippen LogP contribution in [0.3, 0.4) is 0 Å². The Morgan fingerprint density at radius 2 is 1.83 bits per heavy atom. The molecule has 2 aromatic rings. The molecule has 0 bridgehead atoms. The van der Waals surface area contributed by atoms with Gasteiger partial charge in [0, 0.05) is 5.56 Å². The molecule has 18 heavy (non-hydrogen) atoms. The number of rotatable bonds is 1. The van der Waals surface area contributed by atoms with Gasteiger partial charge in [-0.1, -0.05) is 30.3 Å². The van der Waals surface area contributed by atoms with Gasteiger partial charge < -0.3 is 11.5 Å². The summed E-state index contributed by atoms with van der Waals surface area (Å²) < 4.78 is 0. The molecule has 0 aliphatic heterocycles. The number of hydrogen-bond donors (Lipinski definition) is 2. The second-order valence-corrected chi connectivity index (χ2v) is 4.74. The lowest BCUT2D eigenvalue weighted by atomic mass is 9.82. The van der Waals surface area contributed by atoms with E-state index in [1.165, 1.54) is 5.56 Å². The summed E-state index contributed by atoms with van der Waals surface area (Å²) in [4.78, 5) is 8.35. The van der Waals surface area contributed by atoms with Crippen molar-refractivity contribution in [2.75, 3.05) is 11.5 Å². The zero-order valence-electron chi connectivity index (χ0n) is 10.1. The number of fused-ring (bicyclic) bond motifs is 1. The van der Waals surface area contributed by atoms with Crippen molar-refractivity contribution in [2.24, 2.45) is 0 Å². The fourth-order valence-corrected chi connectivity index (χ4v) is 2.67. The molecule has 0 saturated carbocycles. The SMILES string of the molecule is Nc1nc(N)c2c(n1)CCC(c1ccccc1)C2. The van der Waals surface area contributed by atoms with Crippen LogP contribution in [0.2, 0.25) is 0 Å². The van der Waals surface area contributed by atoms with Crippen molar-refractivity contribution in [3.05, 3.63) is 47.2 Å². The van der Waals surface area contributed by atoms with Crippen molar-refractivity contribution < 1.29 is 0 Å². The zero-order chi connectivity index (χ0) is 12.5. The topological polar surface area (TPSA) is 77.8 Å². The summed E-state index contributed by atoms with van der Waals surface area (Å²) in [6.45, 7) is 0. The minimum absolute atomic E-state index is 0.282. The summed E-state index contributed by atoms with van der Waals surface area (Å²) >= 11 is 0. The number of aryl methyl sites for hydroxylation is 1. The fraction of sp³-hybridized carbons (Fsp3) is 0.286. The first kappa shape index (κ1) is 11.0. The third-order valence-electron chi connectivity index (χ3n) is 3.59. The number of nitrogens with zero attached hydrogens (tertiary/aromatic N) is 2. The number of nitrogen functional groups attached to an aromatic ring is 2. The molecule has 0 amide bonds. The van der Waals surface area contributed by atoms with Gasteiger partial charge in [0.25, 0.3) is 0 Å². The first-order valence-corrected chi connectivity index (χ1v) is 6.19. The Balaban J connectivity index is 1.94. The van der Waals surface area contributed by atoms with Crippen LogP contribution < -0.4 is 11.5 Å². The van der Waals surface area contributed by atoms with Crippen LogP contribution in [-0.4, -0.2) is 9.97 Å². The lowest BCUT2D eigenvalue weighted by Gasteiger charge is -2.25. The molecule has 1 aliphatic carbocycles. The Hall–Kier alpha value is -2.10. The Bertz CT molecular complexity index is 566. The van der Waals surface area contributed by atoms with Crippen LogP contribution in [0.25, 0.3) is 0 Å². The van der Waals surface area contributed by atoms with Gasteiger partial charge in [-0.15, -0.1) is 0 Å². The van der Waals surface area contributed by atoms with E-state index < -0.39 is 0 Å². The molecule has 1 unspecified atom stereocenters. The van der Waals surface area contributed by atoms with E-state index in [4.69, 9.17) is 11.5 Å². The number of benzene rings is 1. The summed E-state index contributed by atoms with van der Waals surface area (Å²) in [5, 5.41) is 0. The van der Waals surface area contributed by atoms with Crippen molar-refractivity contribution in [2.45, 2.75) is 25.2 Å². The molecule has 0 saturated heterocycles. The van der Waals surface area contributed by atoms with Crippen molar-refractivity contribution in [3.8, 4) is 0 Å². The van der Waals surface area contributed by atoms with E-state index in [-0.39, 0.29) is 5.95 Å². The zero-order valence-corrected chi connectivity index (χ0v) is 10.1. The van der Waals surface area contributed by atoms with Crippen molar-refractivity contribution >= 4 is 11.8 Å². The molecule has 4 N–H and O–H groups in total. The van der Waals surface area contributed by atoms with Gasteiger partial charge in [-0.25, -0.2) is 4.98 Å². The van der Waals surface area contributed by atoms with Crippen LogP contribution in [0, 0.1) is 0 Å². The van der Waals surface area contributed by atoms with Crippen LogP contribution in [0.15, 0.2) is 30.3 Å². The van der Waals surface area contributed by atoms with E-state index in [9.17, 15) is 0 Å². The third kappa shape index (κ3) is 1.90. The van der Waals surface area contributed by atoms with Gasteiger partial charge in [0.1, 0.15) is 5.82 Å². The van der Waals surface area contributed by atoms with E-state index in [1.54, 1.807) is 0 Å². The summed E-state index contributed by atoms with van der Waals surface area (Å²) in [6.07, 6.45) is 2.92. The highest BCUT2D eigenvalue weighted by atomic mass is 15.0. The number of hydrogen-bond acceptors (Lipinski definition) is 4. The van der Waals surface area contributed by atoms with E-state index in [0.29, 0.717) is 11.7 Å². The molecule has 4 heteroatoms. The second-order valence-electron chi connectivity index (χ2n) is 4.74. The predicted octanol–water partition coefficient (Wildman–Crippen LogP) is 1.91. The average Bonchev–Trinajstić information content (AvgIpc) is 2.39. The Morgan fingerprint density at radius 3 is 2.61 bits per heavy atom. The van der Waals surface area contributed by atoms with E-state index >= 15 is 0 Å². The van der Waals surface area contributed by atoms with Crippen LogP contribution in [0.5, 0.6) is 0 Å². The fourth-order valence-electron chi connectivity index (χ4n) is 2.67. The third-order valence-corrected chi connectivity index (χ3v) is 3.59. The Kier molecular flexibility index (Phi) is 2.63. The molecule has 3 rings (SSSR count). The maximum absolute atomic E-state index is 5.95. The molecule has 0 radical (unpaired) electrons. The number of nitrogens with two attached hydrogens (primary N) is 2. The molecule has 92 valence electrons. The summed E-state index contributed by atoms with van der Waals surface area (Å²) in [7, 11) is 0.